The number of aryl methyl sites for hydroxylation is 3. The van der Waals surface area contributed by atoms with Gasteiger partial charge in [-0.05, 0) is 30.2 Å². The van der Waals surface area contributed by atoms with Crippen molar-refractivity contribution in [3.05, 3.63) is 54.0 Å². The van der Waals surface area contributed by atoms with Crippen molar-refractivity contribution >= 4 is 16.9 Å². The summed E-state index contributed by atoms with van der Waals surface area (Å²) in [7, 11) is 2.05. The summed E-state index contributed by atoms with van der Waals surface area (Å²) in [5.74, 6) is 1.69. The summed E-state index contributed by atoms with van der Waals surface area (Å²) < 4.78 is 2.14. The van der Waals surface area contributed by atoms with Crippen molar-refractivity contribution in [2.75, 3.05) is 5.73 Å². The maximum atomic E-state index is 5.86. The summed E-state index contributed by atoms with van der Waals surface area (Å²) in [4.78, 5) is 8.77. The van der Waals surface area contributed by atoms with Crippen LogP contribution in [0, 0.1) is 0 Å². The smallest absolute Gasteiger partial charge is 0.126 e. The molecule has 0 aliphatic heterocycles. The number of nitrogen functional groups attached to an aromatic ring is 1. The third kappa shape index (κ3) is 2.17. The number of nitrogens with two attached hydrogens (primary N) is 1. The number of para-hydroxylation sites is 2. The quantitative estimate of drug-likeness (QED) is 0.778. The van der Waals surface area contributed by atoms with Crippen molar-refractivity contribution in [2.24, 2.45) is 7.05 Å². The zero-order valence-electron chi connectivity index (χ0n) is 10.9. The molecule has 0 saturated carbocycles. The van der Waals surface area contributed by atoms with Crippen LogP contribution < -0.4 is 5.73 Å². The molecule has 19 heavy (non-hydrogen) atoms. The van der Waals surface area contributed by atoms with E-state index in [-0.39, 0.29) is 0 Å². The van der Waals surface area contributed by atoms with Gasteiger partial charge in [-0.3, -0.25) is 0 Å². The lowest BCUT2D eigenvalue weighted by molar-refractivity contribution is 0.786. The molecule has 0 spiro atoms. The summed E-state index contributed by atoms with van der Waals surface area (Å²) >= 11 is 0. The van der Waals surface area contributed by atoms with Crippen LogP contribution in [0.1, 0.15) is 11.4 Å². The fourth-order valence-electron chi connectivity index (χ4n) is 2.33. The minimum atomic E-state index is 0.612. The Hall–Kier alpha value is -2.36. The monoisotopic (exact) mass is 252 g/mol. The summed E-state index contributed by atoms with van der Waals surface area (Å²) in [6.45, 7) is 0. The second-order valence-electron chi connectivity index (χ2n) is 4.62. The Morgan fingerprint density at radius 1 is 1.11 bits per heavy atom. The van der Waals surface area contributed by atoms with Crippen LogP contribution in [-0.2, 0) is 19.9 Å². The Balaban J connectivity index is 1.86. The maximum Gasteiger partial charge on any atom is 0.126 e. The van der Waals surface area contributed by atoms with E-state index < -0.39 is 0 Å². The maximum absolute atomic E-state index is 5.86. The van der Waals surface area contributed by atoms with Gasteiger partial charge >= 0.3 is 0 Å². The number of hydrogen-bond donors (Lipinski definition) is 1. The summed E-state index contributed by atoms with van der Waals surface area (Å²) in [5.41, 5.74) is 9.14. The van der Waals surface area contributed by atoms with Gasteiger partial charge in [0.05, 0.1) is 11.0 Å². The Morgan fingerprint density at radius 3 is 2.74 bits per heavy atom. The molecule has 4 heteroatoms. The van der Waals surface area contributed by atoms with E-state index in [2.05, 4.69) is 27.6 Å². The van der Waals surface area contributed by atoms with Gasteiger partial charge in [-0.2, -0.15) is 0 Å². The molecule has 0 atom stereocenters. The average molecular weight is 252 g/mol. The van der Waals surface area contributed by atoms with Crippen LogP contribution in [0.25, 0.3) is 11.0 Å². The lowest BCUT2D eigenvalue weighted by atomic mass is 10.1. The summed E-state index contributed by atoms with van der Waals surface area (Å²) in [6, 6.07) is 12.1. The number of imidazole rings is 1. The molecule has 2 aromatic heterocycles. The molecule has 0 radical (unpaired) electrons. The fraction of sp³-hybridized carbons (Fsp3) is 0.200. The van der Waals surface area contributed by atoms with Crippen molar-refractivity contribution in [3.63, 3.8) is 0 Å². The molecule has 3 aromatic rings. The van der Waals surface area contributed by atoms with Gasteiger partial charge in [0.1, 0.15) is 11.6 Å². The van der Waals surface area contributed by atoms with Crippen LogP contribution in [-0.4, -0.2) is 14.5 Å². The van der Waals surface area contributed by atoms with Crippen molar-refractivity contribution in [3.8, 4) is 0 Å². The number of rotatable bonds is 3. The normalized spacial score (nSPS) is 11.0. The van der Waals surface area contributed by atoms with Crippen LogP contribution in [0.2, 0.25) is 0 Å². The van der Waals surface area contributed by atoms with Gasteiger partial charge in [-0.15, -0.1) is 0 Å². The second kappa shape index (κ2) is 4.72. The number of aromatic nitrogens is 3. The molecule has 0 fully saturated rings. The Kier molecular flexibility index (Phi) is 2.91. The van der Waals surface area contributed by atoms with Crippen LogP contribution >= 0.6 is 0 Å². The minimum absolute atomic E-state index is 0.612. The first-order chi connectivity index (χ1) is 9.25. The topological polar surface area (TPSA) is 56.7 Å². The molecule has 3 rings (SSSR count). The standard InChI is InChI=1S/C15H16N4/c1-19-13-7-3-2-6-12(13)18-14(19)9-8-11-5-4-10-17-15(11)16/h2-7,10H,8-9H2,1H3,(H2,16,17). The van der Waals surface area contributed by atoms with Crippen LogP contribution in [0.5, 0.6) is 0 Å². The molecule has 2 N–H and O–H groups in total. The molecule has 96 valence electrons. The molecule has 2 heterocycles. The number of hydrogen-bond acceptors (Lipinski definition) is 3. The Morgan fingerprint density at radius 2 is 1.95 bits per heavy atom. The van der Waals surface area contributed by atoms with Gasteiger partial charge in [-0.25, -0.2) is 9.97 Å². The lowest BCUT2D eigenvalue weighted by Gasteiger charge is -2.04. The van der Waals surface area contributed by atoms with E-state index in [1.54, 1.807) is 6.20 Å². The minimum Gasteiger partial charge on any atom is -0.383 e. The third-order valence-corrected chi connectivity index (χ3v) is 3.42. The fourth-order valence-corrected chi connectivity index (χ4v) is 2.33. The zero-order valence-corrected chi connectivity index (χ0v) is 10.9. The first kappa shape index (κ1) is 11.7. The van der Waals surface area contributed by atoms with E-state index in [1.807, 2.05) is 30.3 Å². The second-order valence-corrected chi connectivity index (χ2v) is 4.62. The molecule has 0 saturated heterocycles. The molecule has 0 unspecified atom stereocenters. The molecule has 4 nitrogen and oxygen atoms in total. The summed E-state index contributed by atoms with van der Waals surface area (Å²) in [6.07, 6.45) is 3.44. The van der Waals surface area contributed by atoms with Gasteiger partial charge in [-0.1, -0.05) is 18.2 Å². The van der Waals surface area contributed by atoms with Gasteiger partial charge in [0.15, 0.2) is 0 Å². The van der Waals surface area contributed by atoms with Crippen LogP contribution in [0.3, 0.4) is 0 Å². The van der Waals surface area contributed by atoms with Crippen molar-refractivity contribution in [1.82, 2.24) is 14.5 Å². The first-order valence-corrected chi connectivity index (χ1v) is 6.35. The molecular weight excluding hydrogens is 236 g/mol. The molecule has 0 aliphatic carbocycles. The molecule has 0 aliphatic rings. The molecule has 0 amide bonds. The highest BCUT2D eigenvalue weighted by atomic mass is 15.1. The van der Waals surface area contributed by atoms with Crippen LogP contribution in [0.4, 0.5) is 5.82 Å². The lowest BCUT2D eigenvalue weighted by Crippen LogP contribution is -2.03. The number of pyridine rings is 1. The van der Waals surface area contributed by atoms with E-state index in [1.165, 1.54) is 0 Å². The van der Waals surface area contributed by atoms with Crippen molar-refractivity contribution in [2.45, 2.75) is 12.8 Å². The highest BCUT2D eigenvalue weighted by Crippen LogP contribution is 2.16. The van der Waals surface area contributed by atoms with E-state index in [4.69, 9.17) is 5.73 Å². The molecule has 0 bridgehead atoms. The van der Waals surface area contributed by atoms with Gasteiger partial charge < -0.3 is 10.3 Å². The predicted octanol–water partition coefficient (Wildman–Crippen LogP) is 2.34. The Bertz CT molecular complexity index is 715. The van der Waals surface area contributed by atoms with E-state index in [0.29, 0.717) is 5.82 Å². The SMILES string of the molecule is Cn1c(CCc2cccnc2N)nc2ccccc21. The Labute approximate surface area is 111 Å². The zero-order chi connectivity index (χ0) is 13.2. The highest BCUT2D eigenvalue weighted by molar-refractivity contribution is 5.75. The highest BCUT2D eigenvalue weighted by Gasteiger charge is 2.08. The molecule has 1 aromatic carbocycles. The first-order valence-electron chi connectivity index (χ1n) is 6.35. The number of anilines is 1. The average Bonchev–Trinajstić information content (AvgIpc) is 2.75. The van der Waals surface area contributed by atoms with Crippen molar-refractivity contribution in [1.29, 1.82) is 0 Å². The summed E-state index contributed by atoms with van der Waals surface area (Å²) in [5, 5.41) is 0. The van der Waals surface area contributed by atoms with E-state index >= 15 is 0 Å². The predicted molar refractivity (Wildman–Crippen MR) is 76.8 cm³/mol. The van der Waals surface area contributed by atoms with Gasteiger partial charge in [0.2, 0.25) is 0 Å². The number of fused-ring (bicyclic) bond motifs is 1. The number of benzene rings is 1. The van der Waals surface area contributed by atoms with E-state index in [0.717, 1.165) is 35.3 Å². The third-order valence-electron chi connectivity index (χ3n) is 3.42. The largest absolute Gasteiger partial charge is 0.383 e. The van der Waals surface area contributed by atoms with Crippen molar-refractivity contribution < 1.29 is 0 Å². The van der Waals surface area contributed by atoms with Gasteiger partial charge in [0.25, 0.3) is 0 Å². The van der Waals surface area contributed by atoms with Gasteiger partial charge in [0, 0.05) is 19.7 Å². The number of nitrogens with zero attached hydrogens (tertiary/aromatic N) is 3. The van der Waals surface area contributed by atoms with E-state index in [9.17, 15) is 0 Å². The molecular formula is C15H16N4. The van der Waals surface area contributed by atoms with Crippen LogP contribution in [0.15, 0.2) is 42.6 Å².